The number of nitrogens with zero attached hydrogens (tertiary/aromatic N) is 2. The van der Waals surface area contributed by atoms with Gasteiger partial charge in [0.1, 0.15) is 4.88 Å². The van der Waals surface area contributed by atoms with E-state index < -0.39 is 0 Å². The van der Waals surface area contributed by atoms with E-state index in [0.29, 0.717) is 4.88 Å². The highest BCUT2D eigenvalue weighted by Crippen LogP contribution is 2.31. The molecule has 0 radical (unpaired) electrons. The molecule has 1 heterocycles. The van der Waals surface area contributed by atoms with E-state index in [1.54, 1.807) is 0 Å². The summed E-state index contributed by atoms with van der Waals surface area (Å²) in [4.78, 5) is 13.3. The van der Waals surface area contributed by atoms with Crippen LogP contribution < -0.4 is 5.32 Å². The molecule has 0 unspecified atom stereocenters. The fourth-order valence-corrected chi connectivity index (χ4v) is 4.12. The van der Waals surface area contributed by atoms with Crippen LogP contribution in [0.1, 0.15) is 68.2 Å². The summed E-state index contributed by atoms with van der Waals surface area (Å²) in [5.74, 6) is -0.0220. The molecule has 1 aromatic rings. The Kier molecular flexibility index (Phi) is 4.84. The van der Waals surface area contributed by atoms with Crippen molar-refractivity contribution in [3.8, 4) is 0 Å². The van der Waals surface area contributed by atoms with Gasteiger partial charge in [0.05, 0.1) is 11.2 Å². The van der Waals surface area contributed by atoms with Crippen molar-refractivity contribution in [3.05, 3.63) is 10.6 Å². The highest BCUT2D eigenvalue weighted by atomic mass is 79.9. The molecular formula is C14H22BrN3OS. The zero-order valence-corrected chi connectivity index (χ0v) is 14.7. The van der Waals surface area contributed by atoms with E-state index in [1.165, 1.54) is 30.8 Å². The molecule has 2 rings (SSSR count). The van der Waals surface area contributed by atoms with Crippen molar-refractivity contribution in [3.63, 3.8) is 0 Å². The Morgan fingerprint density at radius 1 is 1.35 bits per heavy atom. The van der Waals surface area contributed by atoms with Gasteiger partial charge in [-0.3, -0.25) is 4.79 Å². The summed E-state index contributed by atoms with van der Waals surface area (Å²) in [6, 6.07) is 0. The number of rotatable bonds is 3. The second kappa shape index (κ2) is 6.10. The molecule has 1 N–H and O–H groups in total. The van der Waals surface area contributed by atoms with Crippen LogP contribution in [0, 0.1) is 0 Å². The summed E-state index contributed by atoms with van der Waals surface area (Å²) < 4.78 is 3.97. The molecule has 1 aromatic heterocycles. The number of hydrogen-bond acceptors (Lipinski definition) is 4. The Morgan fingerprint density at radius 3 is 2.55 bits per heavy atom. The average molecular weight is 360 g/mol. The van der Waals surface area contributed by atoms with Crippen LogP contribution in [0.25, 0.3) is 0 Å². The quantitative estimate of drug-likeness (QED) is 0.837. The molecule has 0 saturated heterocycles. The molecule has 0 bridgehead atoms. The fourth-order valence-electron chi connectivity index (χ4n) is 2.65. The van der Waals surface area contributed by atoms with Crippen LogP contribution in [0.5, 0.6) is 0 Å². The van der Waals surface area contributed by atoms with Gasteiger partial charge < -0.3 is 5.32 Å². The first-order chi connectivity index (χ1) is 9.38. The van der Waals surface area contributed by atoms with Crippen LogP contribution >= 0.6 is 27.5 Å². The summed E-state index contributed by atoms with van der Waals surface area (Å²) in [5, 5.41) is 8.20. The van der Waals surface area contributed by atoms with E-state index in [0.717, 1.165) is 23.9 Å². The van der Waals surface area contributed by atoms with Gasteiger partial charge in [0.25, 0.3) is 5.91 Å². The smallest absolute Gasteiger partial charge is 0.265 e. The van der Waals surface area contributed by atoms with Gasteiger partial charge in [-0.1, -0.05) is 60.5 Å². The number of hydrogen-bond donors (Lipinski definition) is 1. The highest BCUT2D eigenvalue weighted by Gasteiger charge is 2.35. The zero-order chi connectivity index (χ0) is 14.8. The molecule has 0 atom stereocenters. The van der Waals surface area contributed by atoms with Crippen LogP contribution in [0.2, 0.25) is 0 Å². The molecule has 0 spiro atoms. The lowest BCUT2D eigenvalue weighted by molar-refractivity contribution is 0.0888. The Bertz CT molecular complexity index is 475. The summed E-state index contributed by atoms with van der Waals surface area (Å²) >= 11 is 4.77. The summed E-state index contributed by atoms with van der Waals surface area (Å²) in [5.41, 5.74) is 0.531. The molecule has 4 nitrogen and oxygen atoms in total. The van der Waals surface area contributed by atoms with E-state index in [2.05, 4.69) is 51.6 Å². The number of nitrogens with one attached hydrogen (secondary N) is 1. The normalized spacial score (nSPS) is 18.8. The summed E-state index contributed by atoms with van der Waals surface area (Å²) in [6.45, 7) is 6.17. The maximum absolute atomic E-state index is 12.6. The number of aromatic nitrogens is 2. The molecule has 6 heteroatoms. The van der Waals surface area contributed by atoms with Crippen molar-refractivity contribution in [2.24, 2.45) is 0 Å². The SMILES string of the molecule is CC(C)(C)c1nnsc1C(=O)NC1(CBr)CCCCC1. The van der Waals surface area contributed by atoms with Crippen LogP contribution in [-0.4, -0.2) is 26.4 Å². The van der Waals surface area contributed by atoms with E-state index in [1.807, 2.05) is 0 Å². The number of alkyl halides is 1. The van der Waals surface area contributed by atoms with Gasteiger partial charge in [-0.2, -0.15) is 0 Å². The Labute approximate surface area is 133 Å². The maximum atomic E-state index is 12.6. The molecular weight excluding hydrogens is 338 g/mol. The topological polar surface area (TPSA) is 54.9 Å². The molecule has 1 amide bonds. The van der Waals surface area contributed by atoms with Crippen LogP contribution in [0.3, 0.4) is 0 Å². The molecule has 1 aliphatic carbocycles. The second-order valence-electron chi connectivity index (χ2n) is 6.63. The molecule has 1 fully saturated rings. The van der Waals surface area contributed by atoms with Crippen LogP contribution in [0.4, 0.5) is 0 Å². The number of carbonyl (C=O) groups is 1. The molecule has 1 aliphatic rings. The molecule has 20 heavy (non-hydrogen) atoms. The first-order valence-electron chi connectivity index (χ1n) is 7.09. The van der Waals surface area contributed by atoms with Crippen molar-refractivity contribution >= 4 is 33.4 Å². The van der Waals surface area contributed by atoms with Crippen molar-refractivity contribution < 1.29 is 4.79 Å². The van der Waals surface area contributed by atoms with Gasteiger partial charge in [0.2, 0.25) is 0 Å². The Balaban J connectivity index is 2.18. The predicted octanol–water partition coefficient (Wildman–Crippen LogP) is 3.66. The number of carbonyl (C=O) groups excluding carboxylic acids is 1. The first kappa shape index (κ1) is 15.9. The molecule has 0 aromatic carbocycles. The maximum Gasteiger partial charge on any atom is 0.265 e. The largest absolute Gasteiger partial charge is 0.345 e. The molecule has 112 valence electrons. The monoisotopic (exact) mass is 359 g/mol. The molecule has 0 aliphatic heterocycles. The average Bonchev–Trinajstić information content (AvgIpc) is 2.89. The molecule has 1 saturated carbocycles. The standard InChI is InChI=1S/C14H22BrN3OS/c1-13(2,3)11-10(20-18-17-11)12(19)16-14(9-15)7-5-4-6-8-14/h4-9H2,1-3H3,(H,16,19). The van der Waals surface area contributed by atoms with Crippen molar-refractivity contribution in [1.29, 1.82) is 0 Å². The Morgan fingerprint density at radius 2 is 2.00 bits per heavy atom. The first-order valence-corrected chi connectivity index (χ1v) is 8.99. The van der Waals surface area contributed by atoms with Gasteiger partial charge in [-0.25, -0.2) is 0 Å². The fraction of sp³-hybridized carbons (Fsp3) is 0.786. The Hall–Kier alpha value is -0.490. The number of halogens is 1. The minimum atomic E-state index is -0.159. The minimum Gasteiger partial charge on any atom is -0.345 e. The van der Waals surface area contributed by atoms with Crippen molar-refractivity contribution in [2.75, 3.05) is 5.33 Å². The highest BCUT2D eigenvalue weighted by molar-refractivity contribution is 9.09. The summed E-state index contributed by atoms with van der Waals surface area (Å²) in [6.07, 6.45) is 5.71. The third-order valence-corrected chi connectivity index (χ3v) is 5.65. The van der Waals surface area contributed by atoms with Gasteiger partial charge in [0, 0.05) is 10.7 Å². The van der Waals surface area contributed by atoms with E-state index >= 15 is 0 Å². The zero-order valence-electron chi connectivity index (χ0n) is 12.3. The number of amides is 1. The lowest BCUT2D eigenvalue weighted by Crippen LogP contribution is -2.51. The summed E-state index contributed by atoms with van der Waals surface area (Å²) in [7, 11) is 0. The van der Waals surface area contributed by atoms with E-state index in [-0.39, 0.29) is 16.9 Å². The van der Waals surface area contributed by atoms with Crippen LogP contribution in [0.15, 0.2) is 0 Å². The minimum absolute atomic E-state index is 0.0220. The van der Waals surface area contributed by atoms with E-state index in [9.17, 15) is 4.79 Å². The third kappa shape index (κ3) is 3.39. The van der Waals surface area contributed by atoms with Gasteiger partial charge in [0.15, 0.2) is 0 Å². The lowest BCUT2D eigenvalue weighted by Gasteiger charge is -2.36. The predicted molar refractivity (Wildman–Crippen MR) is 85.7 cm³/mol. The second-order valence-corrected chi connectivity index (χ2v) is 7.94. The van der Waals surface area contributed by atoms with Crippen molar-refractivity contribution in [1.82, 2.24) is 14.9 Å². The van der Waals surface area contributed by atoms with Gasteiger partial charge in [-0.05, 0) is 24.4 Å². The van der Waals surface area contributed by atoms with Crippen molar-refractivity contribution in [2.45, 2.75) is 63.8 Å². The lowest BCUT2D eigenvalue weighted by atomic mass is 9.83. The van der Waals surface area contributed by atoms with Gasteiger partial charge >= 0.3 is 0 Å². The van der Waals surface area contributed by atoms with Gasteiger partial charge in [-0.15, -0.1) is 5.10 Å². The van der Waals surface area contributed by atoms with Crippen LogP contribution in [-0.2, 0) is 5.41 Å². The van der Waals surface area contributed by atoms with E-state index in [4.69, 9.17) is 0 Å². The third-order valence-electron chi connectivity index (χ3n) is 3.85.